The van der Waals surface area contributed by atoms with Crippen molar-refractivity contribution < 1.29 is 14.3 Å². The van der Waals surface area contributed by atoms with Gasteiger partial charge in [-0.1, -0.05) is 17.7 Å². The van der Waals surface area contributed by atoms with Crippen molar-refractivity contribution in [1.82, 2.24) is 14.7 Å². The van der Waals surface area contributed by atoms with Crippen molar-refractivity contribution in [2.45, 2.75) is 32.5 Å². The van der Waals surface area contributed by atoms with Gasteiger partial charge in [0, 0.05) is 49.9 Å². The van der Waals surface area contributed by atoms with Gasteiger partial charge < -0.3 is 14.5 Å². The molecule has 2 atom stereocenters. The first kappa shape index (κ1) is 20.1. The van der Waals surface area contributed by atoms with E-state index in [1.165, 1.54) is 0 Å². The minimum atomic E-state index is 0.00139. The summed E-state index contributed by atoms with van der Waals surface area (Å²) in [5, 5.41) is 0.567. The second-order valence-electron chi connectivity index (χ2n) is 7.49. The smallest absolute Gasteiger partial charge is 0.253 e. The first-order valence-corrected chi connectivity index (χ1v) is 10.0. The number of carbonyl (C=O) groups excluding carboxylic acids is 2. The SMILES string of the molecule is CC1CN(C(=O)CN2CCCN(C(=O)c3cccc(Cl)c3)CC2)CC(C)O1. The minimum absolute atomic E-state index is 0.00139. The molecule has 2 aliphatic heterocycles. The monoisotopic (exact) mass is 393 g/mol. The molecule has 2 unspecified atom stereocenters. The second kappa shape index (κ2) is 9.04. The Labute approximate surface area is 166 Å². The quantitative estimate of drug-likeness (QED) is 0.789. The Bertz CT molecular complexity index is 674. The van der Waals surface area contributed by atoms with Gasteiger partial charge in [-0.2, -0.15) is 0 Å². The number of morpholine rings is 1. The van der Waals surface area contributed by atoms with Crippen LogP contribution in [0.5, 0.6) is 0 Å². The summed E-state index contributed by atoms with van der Waals surface area (Å²) in [6, 6.07) is 7.06. The zero-order valence-corrected chi connectivity index (χ0v) is 16.8. The third-order valence-electron chi connectivity index (χ3n) is 5.08. The lowest BCUT2D eigenvalue weighted by Gasteiger charge is -2.36. The zero-order valence-electron chi connectivity index (χ0n) is 16.1. The molecule has 0 aromatic heterocycles. The van der Waals surface area contributed by atoms with Crippen LogP contribution in [0, 0.1) is 0 Å². The molecule has 6 nitrogen and oxygen atoms in total. The maximum Gasteiger partial charge on any atom is 0.253 e. The van der Waals surface area contributed by atoms with Gasteiger partial charge >= 0.3 is 0 Å². The molecular formula is C20H28ClN3O3. The normalized spacial score (nSPS) is 24.6. The lowest BCUT2D eigenvalue weighted by atomic mass is 10.2. The molecule has 3 rings (SSSR count). The van der Waals surface area contributed by atoms with Crippen LogP contribution in [-0.4, -0.2) is 84.5 Å². The van der Waals surface area contributed by atoms with Gasteiger partial charge in [-0.3, -0.25) is 14.5 Å². The Balaban J connectivity index is 1.53. The number of amides is 2. The van der Waals surface area contributed by atoms with Crippen molar-refractivity contribution in [3.8, 4) is 0 Å². The predicted octanol–water partition coefficient (Wildman–Crippen LogP) is 2.12. The summed E-state index contributed by atoms with van der Waals surface area (Å²) >= 11 is 6.00. The Morgan fingerprint density at radius 1 is 1.07 bits per heavy atom. The number of ether oxygens (including phenoxy) is 1. The molecule has 2 heterocycles. The summed E-state index contributed by atoms with van der Waals surface area (Å²) in [7, 11) is 0. The molecule has 2 aliphatic rings. The van der Waals surface area contributed by atoms with E-state index in [0.29, 0.717) is 49.9 Å². The highest BCUT2D eigenvalue weighted by atomic mass is 35.5. The van der Waals surface area contributed by atoms with Gasteiger partial charge in [0.05, 0.1) is 18.8 Å². The van der Waals surface area contributed by atoms with E-state index in [2.05, 4.69) is 4.90 Å². The fourth-order valence-electron chi connectivity index (χ4n) is 3.81. The lowest BCUT2D eigenvalue weighted by Crippen LogP contribution is -2.51. The van der Waals surface area contributed by atoms with Crippen molar-refractivity contribution in [3.63, 3.8) is 0 Å². The number of rotatable bonds is 3. The lowest BCUT2D eigenvalue weighted by molar-refractivity contribution is -0.144. The van der Waals surface area contributed by atoms with E-state index in [-0.39, 0.29) is 24.0 Å². The van der Waals surface area contributed by atoms with Crippen molar-refractivity contribution in [3.05, 3.63) is 34.9 Å². The molecule has 0 spiro atoms. The average molecular weight is 394 g/mol. The van der Waals surface area contributed by atoms with Crippen molar-refractivity contribution in [1.29, 1.82) is 0 Å². The van der Waals surface area contributed by atoms with Gasteiger partial charge in [0.15, 0.2) is 0 Å². The van der Waals surface area contributed by atoms with Crippen molar-refractivity contribution in [2.24, 2.45) is 0 Å². The Morgan fingerprint density at radius 2 is 1.81 bits per heavy atom. The van der Waals surface area contributed by atoms with Gasteiger partial charge in [0.2, 0.25) is 5.91 Å². The van der Waals surface area contributed by atoms with E-state index in [4.69, 9.17) is 16.3 Å². The van der Waals surface area contributed by atoms with Gasteiger partial charge in [-0.25, -0.2) is 0 Å². The molecule has 27 heavy (non-hydrogen) atoms. The summed E-state index contributed by atoms with van der Waals surface area (Å²) in [6.07, 6.45) is 1.01. The van der Waals surface area contributed by atoms with Crippen LogP contribution in [0.3, 0.4) is 0 Å². The van der Waals surface area contributed by atoms with E-state index >= 15 is 0 Å². The summed E-state index contributed by atoms with van der Waals surface area (Å²) in [5.41, 5.74) is 0.614. The Kier molecular flexibility index (Phi) is 6.73. The third-order valence-corrected chi connectivity index (χ3v) is 5.31. The average Bonchev–Trinajstić information content (AvgIpc) is 2.86. The second-order valence-corrected chi connectivity index (χ2v) is 7.92. The largest absolute Gasteiger partial charge is 0.372 e. The molecule has 0 radical (unpaired) electrons. The van der Waals surface area contributed by atoms with E-state index in [1.807, 2.05) is 23.6 Å². The molecule has 1 aromatic carbocycles. The summed E-state index contributed by atoms with van der Waals surface area (Å²) in [6.45, 7) is 8.54. The molecule has 0 bridgehead atoms. The zero-order chi connectivity index (χ0) is 19.4. The van der Waals surface area contributed by atoms with Crippen LogP contribution in [-0.2, 0) is 9.53 Å². The summed E-state index contributed by atoms with van der Waals surface area (Å²) in [5.74, 6) is 0.146. The van der Waals surface area contributed by atoms with Crippen LogP contribution in [0.25, 0.3) is 0 Å². The fraction of sp³-hybridized carbons (Fsp3) is 0.600. The van der Waals surface area contributed by atoms with E-state index in [0.717, 1.165) is 13.0 Å². The predicted molar refractivity (Wildman–Crippen MR) is 105 cm³/mol. The standard InChI is InChI=1S/C20H28ClN3O3/c1-15-12-24(13-16(2)27-15)19(25)14-22-7-4-8-23(10-9-22)20(26)17-5-3-6-18(21)11-17/h3,5-6,11,15-16H,4,7-10,12-14H2,1-2H3. The van der Waals surface area contributed by atoms with Crippen LogP contribution in [0.2, 0.25) is 5.02 Å². The first-order valence-electron chi connectivity index (χ1n) is 9.63. The Hall–Kier alpha value is -1.63. The van der Waals surface area contributed by atoms with E-state index in [1.54, 1.807) is 24.3 Å². The number of hydrogen-bond donors (Lipinski definition) is 0. The van der Waals surface area contributed by atoms with Crippen LogP contribution in [0.4, 0.5) is 0 Å². The number of nitrogens with zero attached hydrogens (tertiary/aromatic N) is 3. The molecule has 0 saturated carbocycles. The molecule has 1 aromatic rings. The molecule has 2 amide bonds. The third kappa shape index (κ3) is 5.43. The van der Waals surface area contributed by atoms with Gasteiger partial charge in [0.1, 0.15) is 0 Å². The molecule has 0 aliphatic carbocycles. The van der Waals surface area contributed by atoms with Crippen LogP contribution in [0.1, 0.15) is 30.6 Å². The molecule has 148 valence electrons. The Morgan fingerprint density at radius 3 is 2.52 bits per heavy atom. The van der Waals surface area contributed by atoms with Crippen LogP contribution < -0.4 is 0 Å². The molecule has 7 heteroatoms. The number of hydrogen-bond acceptors (Lipinski definition) is 4. The van der Waals surface area contributed by atoms with E-state index < -0.39 is 0 Å². The maximum absolute atomic E-state index is 12.7. The van der Waals surface area contributed by atoms with Crippen molar-refractivity contribution >= 4 is 23.4 Å². The van der Waals surface area contributed by atoms with E-state index in [9.17, 15) is 9.59 Å². The summed E-state index contributed by atoms with van der Waals surface area (Å²) < 4.78 is 5.71. The number of benzene rings is 1. The minimum Gasteiger partial charge on any atom is -0.372 e. The fourth-order valence-corrected chi connectivity index (χ4v) is 4.00. The van der Waals surface area contributed by atoms with Gasteiger partial charge in [-0.15, -0.1) is 0 Å². The highest BCUT2D eigenvalue weighted by molar-refractivity contribution is 6.30. The summed E-state index contributed by atoms with van der Waals surface area (Å²) in [4.78, 5) is 31.3. The molecule has 2 saturated heterocycles. The van der Waals surface area contributed by atoms with Crippen LogP contribution in [0.15, 0.2) is 24.3 Å². The molecular weight excluding hydrogens is 366 g/mol. The molecule has 2 fully saturated rings. The highest BCUT2D eigenvalue weighted by Gasteiger charge is 2.28. The van der Waals surface area contributed by atoms with Crippen molar-refractivity contribution in [2.75, 3.05) is 45.8 Å². The number of carbonyl (C=O) groups is 2. The number of halogens is 1. The topological polar surface area (TPSA) is 53.1 Å². The first-order chi connectivity index (χ1) is 12.9. The highest BCUT2D eigenvalue weighted by Crippen LogP contribution is 2.15. The maximum atomic E-state index is 12.7. The molecule has 0 N–H and O–H groups in total. The van der Waals surface area contributed by atoms with Gasteiger partial charge in [-0.05, 0) is 38.5 Å². The van der Waals surface area contributed by atoms with Crippen LogP contribution >= 0.6 is 11.6 Å². The van der Waals surface area contributed by atoms with Gasteiger partial charge in [0.25, 0.3) is 5.91 Å².